The molecule has 15 heavy (non-hydrogen) atoms. The first-order valence-electron chi connectivity index (χ1n) is 5.01. The number of rotatable bonds is 5. The lowest BCUT2D eigenvalue weighted by molar-refractivity contribution is -0.128. The van der Waals surface area contributed by atoms with Crippen LogP contribution >= 0.6 is 0 Å². The smallest absolute Gasteiger partial charge is 0.416 e. The number of nitrogens with zero attached hydrogens (tertiary/aromatic N) is 2. The standard InChI is InChI=1S/C10H16N2O3/c1-3-5-8-12(9(13)6-7-11)10(14)15-4-2/h3-6,8H2,1-2H3. The minimum absolute atomic E-state index is 0.224. The van der Waals surface area contributed by atoms with Crippen molar-refractivity contribution in [1.29, 1.82) is 5.26 Å². The molecular weight excluding hydrogens is 196 g/mol. The third kappa shape index (κ3) is 5.01. The largest absolute Gasteiger partial charge is 0.449 e. The molecule has 0 saturated carbocycles. The number of unbranched alkanes of at least 4 members (excludes halogenated alkanes) is 1. The molecule has 0 N–H and O–H groups in total. The second-order valence-corrected chi connectivity index (χ2v) is 2.93. The minimum atomic E-state index is -0.661. The molecule has 0 spiro atoms. The van der Waals surface area contributed by atoms with Crippen molar-refractivity contribution in [3.63, 3.8) is 0 Å². The van der Waals surface area contributed by atoms with E-state index in [2.05, 4.69) is 0 Å². The number of amides is 2. The summed E-state index contributed by atoms with van der Waals surface area (Å²) in [5.41, 5.74) is 0. The fraction of sp³-hybridized carbons (Fsp3) is 0.700. The molecule has 84 valence electrons. The van der Waals surface area contributed by atoms with Gasteiger partial charge < -0.3 is 4.74 Å². The molecule has 0 radical (unpaired) electrons. The Balaban J connectivity index is 4.36. The summed E-state index contributed by atoms with van der Waals surface area (Å²) in [5, 5.41) is 8.37. The SMILES string of the molecule is CCCCN(C(=O)CC#N)C(=O)OCC. The van der Waals surface area contributed by atoms with Crippen LogP contribution < -0.4 is 0 Å². The summed E-state index contributed by atoms with van der Waals surface area (Å²) in [6.07, 6.45) is 0.639. The van der Waals surface area contributed by atoms with Gasteiger partial charge in [-0.25, -0.2) is 9.69 Å². The van der Waals surface area contributed by atoms with Crippen molar-refractivity contribution in [2.45, 2.75) is 33.1 Å². The Morgan fingerprint density at radius 2 is 2.07 bits per heavy atom. The van der Waals surface area contributed by atoms with Gasteiger partial charge in [-0.2, -0.15) is 5.26 Å². The highest BCUT2D eigenvalue weighted by atomic mass is 16.6. The van der Waals surface area contributed by atoms with Crippen LogP contribution in [0.1, 0.15) is 33.1 Å². The summed E-state index contributed by atoms with van der Waals surface area (Å²) in [5.74, 6) is -0.496. The van der Waals surface area contributed by atoms with Gasteiger partial charge in [-0.15, -0.1) is 0 Å². The van der Waals surface area contributed by atoms with Crippen molar-refractivity contribution in [3.8, 4) is 6.07 Å². The summed E-state index contributed by atoms with van der Waals surface area (Å²) in [4.78, 5) is 23.7. The third-order valence-electron chi connectivity index (χ3n) is 1.75. The van der Waals surface area contributed by atoms with Gasteiger partial charge in [0.15, 0.2) is 0 Å². The van der Waals surface area contributed by atoms with E-state index in [0.29, 0.717) is 6.54 Å². The molecule has 0 aliphatic carbocycles. The Morgan fingerprint density at radius 1 is 1.40 bits per heavy atom. The monoisotopic (exact) mass is 212 g/mol. The Kier molecular flexibility index (Phi) is 6.98. The topological polar surface area (TPSA) is 70.4 Å². The van der Waals surface area contributed by atoms with Gasteiger partial charge in [0.05, 0.1) is 12.7 Å². The van der Waals surface area contributed by atoms with Crippen molar-refractivity contribution in [1.82, 2.24) is 4.90 Å². The van der Waals surface area contributed by atoms with Crippen LogP contribution in [0.5, 0.6) is 0 Å². The molecule has 0 atom stereocenters. The number of nitriles is 1. The number of carbonyl (C=O) groups is 2. The Bertz CT molecular complexity index is 258. The molecule has 0 aromatic rings. The molecule has 0 aromatic carbocycles. The number of hydrogen-bond donors (Lipinski definition) is 0. The lowest BCUT2D eigenvalue weighted by atomic mass is 10.3. The maximum absolute atomic E-state index is 11.4. The average Bonchev–Trinajstić information content (AvgIpc) is 2.19. The van der Waals surface area contributed by atoms with Crippen molar-refractivity contribution < 1.29 is 14.3 Å². The number of ether oxygens (including phenoxy) is 1. The molecule has 0 unspecified atom stereocenters. The van der Waals surface area contributed by atoms with Gasteiger partial charge in [-0.1, -0.05) is 13.3 Å². The van der Waals surface area contributed by atoms with Gasteiger partial charge in [0.2, 0.25) is 5.91 Å². The lowest BCUT2D eigenvalue weighted by Crippen LogP contribution is -2.37. The molecule has 0 aliphatic rings. The van der Waals surface area contributed by atoms with Crippen LogP contribution in [0.2, 0.25) is 0 Å². The summed E-state index contributed by atoms with van der Waals surface area (Å²) in [6.45, 7) is 4.17. The van der Waals surface area contributed by atoms with Crippen LogP contribution in [0, 0.1) is 11.3 Å². The van der Waals surface area contributed by atoms with E-state index in [0.717, 1.165) is 17.7 Å². The Labute approximate surface area is 89.6 Å². The molecule has 0 fully saturated rings. The predicted octanol–water partition coefficient (Wildman–Crippen LogP) is 1.69. The lowest BCUT2D eigenvalue weighted by Gasteiger charge is -2.18. The van der Waals surface area contributed by atoms with Crippen LogP contribution in [-0.2, 0) is 9.53 Å². The summed E-state index contributed by atoms with van der Waals surface area (Å²) in [7, 11) is 0. The zero-order valence-electron chi connectivity index (χ0n) is 9.15. The summed E-state index contributed by atoms with van der Waals surface area (Å²) < 4.78 is 4.73. The van der Waals surface area contributed by atoms with Crippen molar-refractivity contribution in [2.24, 2.45) is 0 Å². The normalized spacial score (nSPS) is 9.13. The molecule has 0 bridgehead atoms. The van der Waals surface area contributed by atoms with Crippen LogP contribution in [0.4, 0.5) is 4.79 Å². The van der Waals surface area contributed by atoms with E-state index in [1.165, 1.54) is 0 Å². The molecule has 2 amide bonds. The summed E-state index contributed by atoms with van der Waals surface area (Å²) in [6, 6.07) is 1.72. The van der Waals surface area contributed by atoms with Crippen LogP contribution in [0.15, 0.2) is 0 Å². The first-order valence-corrected chi connectivity index (χ1v) is 5.01. The first kappa shape index (κ1) is 13.4. The zero-order chi connectivity index (χ0) is 11.7. The van der Waals surface area contributed by atoms with E-state index < -0.39 is 12.0 Å². The number of imide groups is 1. The highest BCUT2D eigenvalue weighted by molar-refractivity contribution is 5.92. The van der Waals surface area contributed by atoms with E-state index in [9.17, 15) is 9.59 Å². The highest BCUT2D eigenvalue weighted by Gasteiger charge is 2.21. The van der Waals surface area contributed by atoms with Crippen molar-refractivity contribution >= 4 is 12.0 Å². The molecule has 5 nitrogen and oxygen atoms in total. The van der Waals surface area contributed by atoms with Crippen LogP contribution in [0.3, 0.4) is 0 Å². The van der Waals surface area contributed by atoms with E-state index in [4.69, 9.17) is 10.00 Å². The Morgan fingerprint density at radius 3 is 2.53 bits per heavy atom. The van der Waals surface area contributed by atoms with Gasteiger partial charge in [0, 0.05) is 6.54 Å². The van der Waals surface area contributed by atoms with Crippen LogP contribution in [0.25, 0.3) is 0 Å². The summed E-state index contributed by atoms with van der Waals surface area (Å²) >= 11 is 0. The molecular formula is C10H16N2O3. The first-order chi connectivity index (χ1) is 7.17. The molecule has 5 heteroatoms. The fourth-order valence-electron chi connectivity index (χ4n) is 0.998. The quantitative estimate of drug-likeness (QED) is 0.695. The van der Waals surface area contributed by atoms with E-state index in [1.807, 2.05) is 6.92 Å². The van der Waals surface area contributed by atoms with Gasteiger partial charge in [-0.05, 0) is 13.3 Å². The third-order valence-corrected chi connectivity index (χ3v) is 1.75. The predicted molar refractivity (Wildman–Crippen MR) is 53.9 cm³/mol. The van der Waals surface area contributed by atoms with E-state index in [-0.39, 0.29) is 13.0 Å². The van der Waals surface area contributed by atoms with Crippen LogP contribution in [-0.4, -0.2) is 30.1 Å². The minimum Gasteiger partial charge on any atom is -0.449 e. The van der Waals surface area contributed by atoms with E-state index >= 15 is 0 Å². The number of hydrogen-bond acceptors (Lipinski definition) is 4. The molecule has 0 aromatic heterocycles. The molecule has 0 heterocycles. The van der Waals surface area contributed by atoms with E-state index in [1.54, 1.807) is 13.0 Å². The van der Waals surface area contributed by atoms with Gasteiger partial charge in [-0.3, -0.25) is 4.79 Å². The van der Waals surface area contributed by atoms with Crippen molar-refractivity contribution in [2.75, 3.05) is 13.2 Å². The maximum Gasteiger partial charge on any atom is 0.416 e. The van der Waals surface area contributed by atoms with Gasteiger partial charge in [0.1, 0.15) is 6.42 Å². The second kappa shape index (κ2) is 7.80. The van der Waals surface area contributed by atoms with Gasteiger partial charge in [0.25, 0.3) is 0 Å². The Hall–Kier alpha value is -1.57. The molecule has 0 aliphatic heterocycles. The van der Waals surface area contributed by atoms with Crippen molar-refractivity contribution in [3.05, 3.63) is 0 Å². The molecule has 0 rings (SSSR count). The highest BCUT2D eigenvalue weighted by Crippen LogP contribution is 2.01. The fourth-order valence-corrected chi connectivity index (χ4v) is 0.998. The second-order valence-electron chi connectivity index (χ2n) is 2.93. The maximum atomic E-state index is 11.4. The number of carbonyl (C=O) groups excluding carboxylic acids is 2. The average molecular weight is 212 g/mol. The zero-order valence-corrected chi connectivity index (χ0v) is 9.15. The molecule has 0 saturated heterocycles. The van der Waals surface area contributed by atoms with Gasteiger partial charge >= 0.3 is 6.09 Å².